The van der Waals surface area contributed by atoms with Crippen LogP contribution in [0.4, 0.5) is 10.5 Å². The fraction of sp³-hybridized carbons (Fsp3) is 0. The normalized spacial score (nSPS) is 9.50. The van der Waals surface area contributed by atoms with Crippen molar-refractivity contribution in [3.63, 3.8) is 0 Å². The van der Waals surface area contributed by atoms with E-state index >= 15 is 0 Å². The standard InChI is InChI=1S/C7H4INO5/c8-4-2-1-3-5(14-7(10)11)6(4)9(12)13/h1-3H,(H,10,11). The molecule has 0 atom stereocenters. The molecule has 0 saturated heterocycles. The quantitative estimate of drug-likeness (QED) is 0.297. The van der Waals surface area contributed by atoms with E-state index in [-0.39, 0.29) is 11.4 Å². The SMILES string of the molecule is O=C(O)Oc1cccc(I)c1[N+](=O)[O-]. The maximum atomic E-state index is 10.6. The van der Waals surface area contributed by atoms with Crippen LogP contribution in [0.25, 0.3) is 0 Å². The van der Waals surface area contributed by atoms with Gasteiger partial charge in [0.25, 0.3) is 0 Å². The molecule has 0 spiro atoms. The number of nitro benzene ring substituents is 1. The second kappa shape index (κ2) is 4.22. The van der Waals surface area contributed by atoms with Gasteiger partial charge in [-0.1, -0.05) is 6.07 Å². The maximum Gasteiger partial charge on any atom is 0.511 e. The second-order valence-corrected chi connectivity index (χ2v) is 3.37. The maximum absolute atomic E-state index is 10.6. The van der Waals surface area contributed by atoms with Crippen molar-refractivity contribution in [1.82, 2.24) is 0 Å². The molecule has 0 aliphatic carbocycles. The van der Waals surface area contributed by atoms with Crippen molar-refractivity contribution in [2.24, 2.45) is 0 Å². The summed E-state index contributed by atoms with van der Waals surface area (Å²) in [6, 6.07) is 4.20. The highest BCUT2D eigenvalue weighted by Gasteiger charge is 2.20. The summed E-state index contributed by atoms with van der Waals surface area (Å²) in [5.41, 5.74) is -0.337. The van der Waals surface area contributed by atoms with Crippen molar-refractivity contribution in [1.29, 1.82) is 0 Å². The van der Waals surface area contributed by atoms with Crippen molar-refractivity contribution in [2.75, 3.05) is 0 Å². The average Bonchev–Trinajstić information content (AvgIpc) is 2.01. The van der Waals surface area contributed by atoms with Gasteiger partial charge in [0.15, 0.2) is 0 Å². The zero-order valence-electron chi connectivity index (χ0n) is 6.64. The Morgan fingerprint density at radius 3 is 2.71 bits per heavy atom. The lowest BCUT2D eigenvalue weighted by molar-refractivity contribution is -0.386. The zero-order chi connectivity index (χ0) is 10.7. The molecule has 1 aromatic rings. The Hall–Kier alpha value is -1.38. The van der Waals surface area contributed by atoms with Gasteiger partial charge in [0, 0.05) is 0 Å². The molecule has 14 heavy (non-hydrogen) atoms. The number of ether oxygens (including phenoxy) is 1. The fourth-order valence-corrected chi connectivity index (χ4v) is 1.52. The lowest BCUT2D eigenvalue weighted by Crippen LogP contribution is -2.05. The molecular formula is C7H4INO5. The number of benzene rings is 1. The summed E-state index contributed by atoms with van der Waals surface area (Å²) >= 11 is 1.73. The average molecular weight is 309 g/mol. The van der Waals surface area contributed by atoms with Gasteiger partial charge >= 0.3 is 11.8 Å². The van der Waals surface area contributed by atoms with E-state index in [2.05, 4.69) is 4.74 Å². The summed E-state index contributed by atoms with van der Waals surface area (Å²) < 4.78 is 4.58. The third-order valence-electron chi connectivity index (χ3n) is 1.33. The minimum absolute atomic E-state index is 0.269. The highest BCUT2D eigenvalue weighted by molar-refractivity contribution is 14.1. The van der Waals surface area contributed by atoms with E-state index in [1.54, 1.807) is 22.6 Å². The highest BCUT2D eigenvalue weighted by Crippen LogP contribution is 2.31. The molecule has 0 saturated carbocycles. The molecule has 1 N–H and O–H groups in total. The summed E-state index contributed by atoms with van der Waals surface area (Å²) in [7, 11) is 0. The van der Waals surface area contributed by atoms with E-state index in [1.807, 2.05) is 0 Å². The molecule has 7 heteroatoms. The number of carboxylic acid groups (broad SMARTS) is 1. The number of nitrogens with zero attached hydrogens (tertiary/aromatic N) is 1. The van der Waals surface area contributed by atoms with Crippen LogP contribution in [0.3, 0.4) is 0 Å². The molecule has 0 aliphatic rings. The van der Waals surface area contributed by atoms with Gasteiger partial charge in [-0.05, 0) is 34.7 Å². The highest BCUT2D eigenvalue weighted by atomic mass is 127. The monoisotopic (exact) mass is 309 g/mol. The number of nitro groups is 1. The number of para-hydroxylation sites is 1. The number of hydrogen-bond acceptors (Lipinski definition) is 4. The first kappa shape index (κ1) is 10.7. The Labute approximate surface area is 91.8 Å². The van der Waals surface area contributed by atoms with E-state index in [9.17, 15) is 14.9 Å². The minimum atomic E-state index is -1.57. The van der Waals surface area contributed by atoms with Crippen LogP contribution < -0.4 is 4.74 Å². The Kier molecular flexibility index (Phi) is 3.23. The van der Waals surface area contributed by atoms with E-state index < -0.39 is 11.1 Å². The molecule has 0 aromatic heterocycles. The predicted octanol–water partition coefficient (Wildman–Crippen LogP) is 2.26. The van der Waals surface area contributed by atoms with Gasteiger partial charge in [-0.25, -0.2) is 4.79 Å². The van der Waals surface area contributed by atoms with E-state index in [4.69, 9.17) is 5.11 Å². The molecule has 0 bridgehead atoms. The minimum Gasteiger partial charge on any atom is -0.449 e. The molecule has 0 unspecified atom stereocenters. The van der Waals surface area contributed by atoms with Gasteiger partial charge < -0.3 is 9.84 Å². The van der Waals surface area contributed by atoms with Crippen LogP contribution in [0.2, 0.25) is 0 Å². The van der Waals surface area contributed by atoms with E-state index in [0.717, 1.165) is 0 Å². The van der Waals surface area contributed by atoms with E-state index in [1.165, 1.54) is 18.2 Å². The van der Waals surface area contributed by atoms with Crippen molar-refractivity contribution in [2.45, 2.75) is 0 Å². The van der Waals surface area contributed by atoms with Crippen LogP contribution in [-0.4, -0.2) is 16.2 Å². The van der Waals surface area contributed by atoms with Crippen LogP contribution in [-0.2, 0) is 0 Å². The van der Waals surface area contributed by atoms with Crippen LogP contribution in [0.15, 0.2) is 18.2 Å². The molecule has 6 nitrogen and oxygen atoms in total. The smallest absolute Gasteiger partial charge is 0.449 e. The molecule has 0 amide bonds. The molecule has 1 rings (SSSR count). The summed E-state index contributed by atoms with van der Waals surface area (Å²) in [6.07, 6.45) is -1.57. The molecule has 0 heterocycles. The Bertz CT molecular complexity index is 392. The fourth-order valence-electron chi connectivity index (χ4n) is 0.849. The Balaban J connectivity index is 3.21. The molecule has 74 valence electrons. The molecule has 1 aromatic carbocycles. The molecule has 0 fully saturated rings. The molecular weight excluding hydrogens is 305 g/mol. The van der Waals surface area contributed by atoms with Gasteiger partial charge in [-0.15, -0.1) is 0 Å². The number of carbonyl (C=O) groups is 1. The Morgan fingerprint density at radius 1 is 1.57 bits per heavy atom. The zero-order valence-corrected chi connectivity index (χ0v) is 8.79. The largest absolute Gasteiger partial charge is 0.511 e. The Morgan fingerprint density at radius 2 is 2.21 bits per heavy atom. The van der Waals surface area contributed by atoms with Crippen molar-refractivity contribution < 1.29 is 19.6 Å². The first-order chi connectivity index (χ1) is 6.52. The summed E-state index contributed by atoms with van der Waals surface area (Å²) in [4.78, 5) is 20.1. The summed E-state index contributed by atoms with van der Waals surface area (Å²) in [5.74, 6) is -0.269. The van der Waals surface area contributed by atoms with Crippen molar-refractivity contribution in [3.05, 3.63) is 31.9 Å². The first-order valence-corrected chi connectivity index (χ1v) is 4.44. The van der Waals surface area contributed by atoms with Crippen LogP contribution in [0, 0.1) is 13.7 Å². The predicted molar refractivity (Wildman–Crippen MR) is 54.5 cm³/mol. The van der Waals surface area contributed by atoms with Crippen molar-refractivity contribution in [3.8, 4) is 5.75 Å². The van der Waals surface area contributed by atoms with Crippen LogP contribution in [0.1, 0.15) is 0 Å². The van der Waals surface area contributed by atoms with E-state index in [0.29, 0.717) is 3.57 Å². The summed E-state index contributed by atoms with van der Waals surface area (Å²) in [5, 5.41) is 18.9. The van der Waals surface area contributed by atoms with Gasteiger partial charge in [0.05, 0.1) is 8.49 Å². The van der Waals surface area contributed by atoms with Crippen LogP contribution >= 0.6 is 22.6 Å². The van der Waals surface area contributed by atoms with Gasteiger partial charge in [0.1, 0.15) is 0 Å². The second-order valence-electron chi connectivity index (χ2n) is 2.21. The number of hydrogen-bond donors (Lipinski definition) is 1. The van der Waals surface area contributed by atoms with Gasteiger partial charge in [-0.2, -0.15) is 0 Å². The first-order valence-electron chi connectivity index (χ1n) is 3.36. The lowest BCUT2D eigenvalue weighted by Gasteiger charge is -2.01. The molecule has 0 aliphatic heterocycles. The molecule has 0 radical (unpaired) electrons. The third-order valence-corrected chi connectivity index (χ3v) is 2.20. The summed E-state index contributed by atoms with van der Waals surface area (Å²) in [6.45, 7) is 0. The van der Waals surface area contributed by atoms with Crippen molar-refractivity contribution >= 4 is 34.4 Å². The van der Waals surface area contributed by atoms with Gasteiger partial charge in [0.2, 0.25) is 5.75 Å². The lowest BCUT2D eigenvalue weighted by atomic mass is 10.3. The topological polar surface area (TPSA) is 89.7 Å². The number of halogens is 1. The number of rotatable bonds is 2. The van der Waals surface area contributed by atoms with Gasteiger partial charge in [-0.3, -0.25) is 10.1 Å². The third kappa shape index (κ3) is 2.31. The van der Waals surface area contributed by atoms with Crippen LogP contribution in [0.5, 0.6) is 5.75 Å².